The van der Waals surface area contributed by atoms with Gasteiger partial charge in [0.1, 0.15) is 0 Å². The average Bonchev–Trinajstić information content (AvgIpc) is 3.10. The van der Waals surface area contributed by atoms with Gasteiger partial charge < -0.3 is 0 Å². The molecular weight excluding hydrogens is 290 g/mol. The van der Waals surface area contributed by atoms with Crippen molar-refractivity contribution in [2.45, 2.75) is 11.5 Å². The van der Waals surface area contributed by atoms with Crippen LogP contribution in [-0.4, -0.2) is 9.78 Å². The number of rotatable bonds is 5. The van der Waals surface area contributed by atoms with E-state index >= 15 is 0 Å². The smallest absolute Gasteiger partial charge is 0.0994 e. The summed E-state index contributed by atoms with van der Waals surface area (Å²) in [7, 11) is 0. The van der Waals surface area contributed by atoms with E-state index in [-0.39, 0.29) is 0 Å². The topological polar surface area (TPSA) is 41.6 Å². The summed E-state index contributed by atoms with van der Waals surface area (Å²) in [5.41, 5.74) is 4.20. The second-order valence-corrected chi connectivity index (χ2v) is 5.86. The Hall–Kier alpha value is -2.51. The molecule has 3 aromatic rings. The van der Waals surface area contributed by atoms with Gasteiger partial charge in [-0.25, -0.2) is 4.68 Å². The molecule has 3 nitrogen and oxygen atoms in total. The fourth-order valence-corrected chi connectivity index (χ4v) is 3.20. The molecule has 0 atom stereocenters. The number of nitriles is 1. The largest absolute Gasteiger partial charge is 0.241 e. The van der Waals surface area contributed by atoms with E-state index in [0.29, 0.717) is 0 Å². The Labute approximate surface area is 134 Å². The molecule has 1 heterocycles. The number of nitrogens with zero attached hydrogens (tertiary/aromatic N) is 3. The van der Waals surface area contributed by atoms with Crippen LogP contribution in [0.4, 0.5) is 0 Å². The van der Waals surface area contributed by atoms with Gasteiger partial charge in [0, 0.05) is 23.9 Å². The summed E-state index contributed by atoms with van der Waals surface area (Å²) in [6.07, 6.45) is 3.71. The number of benzene rings is 2. The lowest BCUT2D eigenvalue weighted by molar-refractivity contribution is 0.880. The van der Waals surface area contributed by atoms with Gasteiger partial charge in [-0.05, 0) is 35.4 Å². The summed E-state index contributed by atoms with van der Waals surface area (Å²) in [4.78, 5) is 0. The molecule has 1 aromatic heterocycles. The third-order valence-corrected chi connectivity index (χ3v) is 4.42. The lowest BCUT2D eigenvalue weighted by Gasteiger charge is -2.06. The van der Waals surface area contributed by atoms with Crippen molar-refractivity contribution in [2.24, 2.45) is 0 Å². The quantitative estimate of drug-likeness (QED) is 0.710. The van der Waals surface area contributed by atoms with Crippen molar-refractivity contribution in [1.29, 1.82) is 5.26 Å². The summed E-state index contributed by atoms with van der Waals surface area (Å²) in [5, 5.41) is 13.3. The number of hydrogen-bond acceptors (Lipinski definition) is 3. The van der Waals surface area contributed by atoms with E-state index in [1.807, 2.05) is 53.0 Å². The van der Waals surface area contributed by atoms with Crippen molar-refractivity contribution in [3.63, 3.8) is 0 Å². The van der Waals surface area contributed by atoms with Crippen molar-refractivity contribution < 1.29 is 0 Å². The summed E-state index contributed by atoms with van der Waals surface area (Å²) in [5.74, 6) is 1.78. The van der Waals surface area contributed by atoms with Gasteiger partial charge in [-0.1, -0.05) is 30.3 Å². The molecule has 0 fully saturated rings. The lowest BCUT2D eigenvalue weighted by atomic mass is 10.1. The van der Waals surface area contributed by atoms with Crippen molar-refractivity contribution in [3.05, 3.63) is 83.7 Å². The maximum atomic E-state index is 9.09. The lowest BCUT2D eigenvalue weighted by Crippen LogP contribution is -1.94. The van der Waals surface area contributed by atoms with Crippen LogP contribution in [0.5, 0.6) is 0 Å². The molecule has 0 unspecified atom stereocenters. The third-order valence-electron chi connectivity index (χ3n) is 3.37. The molecule has 22 heavy (non-hydrogen) atoms. The van der Waals surface area contributed by atoms with Gasteiger partial charge >= 0.3 is 0 Å². The molecule has 3 rings (SSSR count). The first-order valence-electron chi connectivity index (χ1n) is 7.01. The van der Waals surface area contributed by atoms with Crippen LogP contribution in [0.3, 0.4) is 0 Å². The Bertz CT molecular complexity index is 771. The Morgan fingerprint density at radius 3 is 2.55 bits per heavy atom. The molecule has 0 N–H and O–H groups in total. The second-order valence-electron chi connectivity index (χ2n) is 4.88. The summed E-state index contributed by atoms with van der Waals surface area (Å²) in [6.45, 7) is 0. The molecule has 0 bridgehead atoms. The van der Waals surface area contributed by atoms with Crippen LogP contribution in [0.15, 0.2) is 67.0 Å². The van der Waals surface area contributed by atoms with Gasteiger partial charge in [-0.2, -0.15) is 22.1 Å². The zero-order valence-electron chi connectivity index (χ0n) is 12.0. The van der Waals surface area contributed by atoms with Gasteiger partial charge in [0.25, 0.3) is 0 Å². The molecule has 0 aliphatic rings. The van der Waals surface area contributed by atoms with Gasteiger partial charge in [0.15, 0.2) is 0 Å². The zero-order chi connectivity index (χ0) is 15.2. The minimum atomic E-state index is 0.768. The summed E-state index contributed by atoms with van der Waals surface area (Å²) >= 11 is 1.82. The highest BCUT2D eigenvalue weighted by atomic mass is 32.2. The second kappa shape index (κ2) is 6.97. The van der Waals surface area contributed by atoms with Crippen LogP contribution >= 0.6 is 11.8 Å². The Balaban J connectivity index is 1.59. The average molecular weight is 305 g/mol. The van der Waals surface area contributed by atoms with Crippen molar-refractivity contribution >= 4 is 11.8 Å². The molecule has 0 aliphatic carbocycles. The minimum absolute atomic E-state index is 0.768. The molecule has 0 radical (unpaired) electrons. The maximum absolute atomic E-state index is 9.09. The predicted octanol–water partition coefficient (Wildman–Crippen LogP) is 4.18. The molecule has 0 spiro atoms. The van der Waals surface area contributed by atoms with Crippen molar-refractivity contribution in [3.8, 4) is 11.8 Å². The van der Waals surface area contributed by atoms with Crippen LogP contribution in [-0.2, 0) is 11.5 Å². The fraction of sp³-hybridized carbons (Fsp3) is 0.111. The molecular formula is C18H15N3S. The highest BCUT2D eigenvalue weighted by Gasteiger charge is 2.02. The molecule has 0 aliphatic heterocycles. The fourth-order valence-electron chi connectivity index (χ4n) is 2.20. The minimum Gasteiger partial charge on any atom is -0.241 e. The zero-order valence-corrected chi connectivity index (χ0v) is 12.8. The molecule has 2 aromatic carbocycles. The van der Waals surface area contributed by atoms with Gasteiger partial charge in [0.2, 0.25) is 0 Å². The van der Waals surface area contributed by atoms with E-state index < -0.39 is 0 Å². The predicted molar refractivity (Wildman–Crippen MR) is 89.7 cm³/mol. The van der Waals surface area contributed by atoms with E-state index in [1.165, 1.54) is 5.56 Å². The van der Waals surface area contributed by atoms with Gasteiger partial charge in [-0.3, -0.25) is 0 Å². The van der Waals surface area contributed by atoms with Gasteiger partial charge in [-0.15, -0.1) is 0 Å². The highest BCUT2D eigenvalue weighted by molar-refractivity contribution is 7.97. The van der Waals surface area contributed by atoms with Crippen LogP contribution in [0.25, 0.3) is 5.69 Å². The van der Waals surface area contributed by atoms with E-state index in [2.05, 4.69) is 35.4 Å². The van der Waals surface area contributed by atoms with Crippen LogP contribution in [0.2, 0.25) is 0 Å². The molecule has 108 valence electrons. The molecule has 0 saturated heterocycles. The van der Waals surface area contributed by atoms with Crippen LogP contribution in [0, 0.1) is 11.3 Å². The van der Waals surface area contributed by atoms with Crippen LogP contribution < -0.4 is 0 Å². The SMILES string of the molecule is N#Cc1ccccc1CSCc1ccc(-n2cccn2)cc1. The summed E-state index contributed by atoms with van der Waals surface area (Å²) in [6, 6.07) is 20.3. The molecule has 0 saturated carbocycles. The number of hydrogen-bond donors (Lipinski definition) is 0. The number of aromatic nitrogens is 2. The Morgan fingerprint density at radius 2 is 1.82 bits per heavy atom. The van der Waals surface area contributed by atoms with Gasteiger partial charge in [0.05, 0.1) is 17.3 Å². The maximum Gasteiger partial charge on any atom is 0.0994 e. The molecule has 0 amide bonds. The first-order chi connectivity index (χ1) is 10.9. The summed E-state index contributed by atoms with van der Waals surface area (Å²) < 4.78 is 1.85. The highest BCUT2D eigenvalue weighted by Crippen LogP contribution is 2.20. The van der Waals surface area contributed by atoms with E-state index in [1.54, 1.807) is 6.20 Å². The monoisotopic (exact) mass is 305 g/mol. The normalized spacial score (nSPS) is 10.3. The van der Waals surface area contributed by atoms with Crippen LogP contribution in [0.1, 0.15) is 16.7 Å². The molecule has 4 heteroatoms. The standard InChI is InChI=1S/C18H15N3S/c19-12-16-4-1-2-5-17(16)14-22-13-15-6-8-18(9-7-15)21-11-3-10-20-21/h1-11H,13-14H2. The Kier molecular flexibility index (Phi) is 4.57. The van der Waals surface area contributed by atoms with E-state index in [9.17, 15) is 0 Å². The first-order valence-corrected chi connectivity index (χ1v) is 8.17. The number of thioether (sulfide) groups is 1. The third kappa shape index (κ3) is 3.38. The Morgan fingerprint density at radius 1 is 1.00 bits per heavy atom. The van der Waals surface area contributed by atoms with E-state index in [4.69, 9.17) is 5.26 Å². The van der Waals surface area contributed by atoms with E-state index in [0.717, 1.165) is 28.3 Å². The first kappa shape index (κ1) is 14.4. The van der Waals surface area contributed by atoms with Crippen molar-refractivity contribution in [1.82, 2.24) is 9.78 Å². The van der Waals surface area contributed by atoms with Crippen molar-refractivity contribution in [2.75, 3.05) is 0 Å².